The number of nitrogens with one attached hydrogen (secondary N) is 2. The van der Waals surface area contributed by atoms with Gasteiger partial charge in [0.1, 0.15) is 6.54 Å². The van der Waals surface area contributed by atoms with Crippen molar-refractivity contribution in [3.05, 3.63) is 70.6 Å². The average Bonchev–Trinajstić information content (AvgIpc) is 2.86. The summed E-state index contributed by atoms with van der Waals surface area (Å²) < 4.78 is 1.44. The molecule has 1 aliphatic heterocycles. The number of para-hydroxylation sites is 2. The van der Waals surface area contributed by atoms with Crippen LogP contribution in [0.15, 0.2) is 59.4 Å². The lowest BCUT2D eigenvalue weighted by atomic mass is 10.0. The van der Waals surface area contributed by atoms with Crippen molar-refractivity contribution in [1.82, 2.24) is 19.8 Å². The van der Waals surface area contributed by atoms with Crippen LogP contribution >= 0.6 is 0 Å². The van der Waals surface area contributed by atoms with Crippen molar-refractivity contribution in [2.24, 2.45) is 0 Å². The minimum atomic E-state index is -0.345. The van der Waals surface area contributed by atoms with Crippen molar-refractivity contribution in [1.29, 1.82) is 0 Å². The molecule has 1 unspecified atom stereocenters. The van der Waals surface area contributed by atoms with Crippen LogP contribution in [0.3, 0.4) is 0 Å². The number of rotatable bonds is 3. The Morgan fingerprint density at radius 1 is 1.04 bits per heavy atom. The molecular weight excluding hydrogens is 344 g/mol. The molecule has 1 atom stereocenters. The van der Waals surface area contributed by atoms with Gasteiger partial charge in [0.15, 0.2) is 0 Å². The summed E-state index contributed by atoms with van der Waals surface area (Å²) in [7, 11) is 0. The highest BCUT2D eigenvalue weighted by molar-refractivity contribution is 5.83. The van der Waals surface area contributed by atoms with Crippen LogP contribution in [0.1, 0.15) is 18.0 Å². The van der Waals surface area contributed by atoms with Crippen LogP contribution in [0.25, 0.3) is 11.0 Å². The monoisotopic (exact) mass is 364 g/mol. The molecule has 1 fully saturated rings. The molecule has 4 rings (SSSR count). The molecule has 138 valence electrons. The Labute approximate surface area is 155 Å². The first-order chi connectivity index (χ1) is 13.1. The van der Waals surface area contributed by atoms with Gasteiger partial charge in [0.2, 0.25) is 11.8 Å². The fourth-order valence-electron chi connectivity index (χ4n) is 3.59. The molecule has 0 spiro atoms. The Balaban J connectivity index is 1.66. The zero-order valence-corrected chi connectivity index (χ0v) is 14.7. The molecular formula is C20H20N4O3. The van der Waals surface area contributed by atoms with Crippen LogP contribution in [-0.4, -0.2) is 39.4 Å². The van der Waals surface area contributed by atoms with E-state index in [9.17, 15) is 14.4 Å². The van der Waals surface area contributed by atoms with Crippen molar-refractivity contribution in [2.75, 3.05) is 13.1 Å². The Morgan fingerprint density at radius 2 is 1.78 bits per heavy atom. The normalized spacial score (nSPS) is 17.6. The van der Waals surface area contributed by atoms with Crippen LogP contribution < -0.4 is 11.0 Å². The molecule has 0 radical (unpaired) electrons. The number of carbonyl (C=O) groups is 2. The Hall–Kier alpha value is -3.35. The molecule has 2 aromatic carbocycles. The standard InChI is InChI=1S/C20H20N4O3/c25-18-12-17(14-6-2-1-3-7-14)23(11-10-21-18)19(26)13-24-16-9-5-4-8-15(16)22-20(24)27/h1-9,17H,10-13H2,(H,21,25)(H,22,27). The zero-order chi connectivity index (χ0) is 18.8. The van der Waals surface area contributed by atoms with Crippen molar-refractivity contribution in [2.45, 2.75) is 19.0 Å². The van der Waals surface area contributed by atoms with E-state index in [1.807, 2.05) is 48.5 Å². The van der Waals surface area contributed by atoms with Crippen LogP contribution in [0, 0.1) is 0 Å². The lowest BCUT2D eigenvalue weighted by Crippen LogP contribution is -2.40. The van der Waals surface area contributed by atoms with Crippen LogP contribution in [0.5, 0.6) is 0 Å². The molecule has 7 heteroatoms. The first-order valence-corrected chi connectivity index (χ1v) is 8.92. The first-order valence-electron chi connectivity index (χ1n) is 8.92. The van der Waals surface area contributed by atoms with E-state index in [1.54, 1.807) is 11.0 Å². The third-order valence-corrected chi connectivity index (χ3v) is 4.91. The van der Waals surface area contributed by atoms with E-state index in [2.05, 4.69) is 10.3 Å². The molecule has 0 saturated carbocycles. The summed E-state index contributed by atoms with van der Waals surface area (Å²) in [6.45, 7) is 0.734. The van der Waals surface area contributed by atoms with E-state index in [0.717, 1.165) is 5.56 Å². The van der Waals surface area contributed by atoms with Gasteiger partial charge in [-0.3, -0.25) is 14.2 Å². The van der Waals surface area contributed by atoms with E-state index in [1.165, 1.54) is 4.57 Å². The second-order valence-corrected chi connectivity index (χ2v) is 6.60. The second kappa shape index (κ2) is 7.11. The fraction of sp³-hybridized carbons (Fsp3) is 0.250. The predicted octanol–water partition coefficient (Wildman–Crippen LogP) is 1.42. The number of H-pyrrole nitrogens is 1. The minimum absolute atomic E-state index is 0.0691. The number of amides is 2. The summed E-state index contributed by atoms with van der Waals surface area (Å²) in [4.78, 5) is 42.0. The summed E-state index contributed by atoms with van der Waals surface area (Å²) in [5.74, 6) is -0.268. The van der Waals surface area contributed by atoms with Gasteiger partial charge in [-0.1, -0.05) is 42.5 Å². The number of benzene rings is 2. The van der Waals surface area contributed by atoms with Gasteiger partial charge in [-0.05, 0) is 17.7 Å². The number of carbonyl (C=O) groups excluding carboxylic acids is 2. The maximum atomic E-state index is 13.1. The molecule has 1 aromatic heterocycles. The number of hydrogen-bond donors (Lipinski definition) is 2. The summed E-state index contributed by atoms with van der Waals surface area (Å²) in [6, 6.07) is 16.5. The molecule has 0 bridgehead atoms. The molecule has 3 aromatic rings. The van der Waals surface area contributed by atoms with Crippen molar-refractivity contribution in [3.63, 3.8) is 0 Å². The quantitative estimate of drug-likeness (QED) is 0.737. The predicted molar refractivity (Wildman–Crippen MR) is 101 cm³/mol. The Bertz CT molecular complexity index is 1040. The smallest absolute Gasteiger partial charge is 0.326 e. The highest BCUT2D eigenvalue weighted by atomic mass is 16.2. The topological polar surface area (TPSA) is 87.2 Å². The number of imidazole rings is 1. The van der Waals surface area contributed by atoms with Crippen molar-refractivity contribution in [3.8, 4) is 0 Å². The number of hydrogen-bond acceptors (Lipinski definition) is 3. The SMILES string of the molecule is O=C1CC(c2ccccc2)N(C(=O)Cn2c(=O)[nH]c3ccccc32)CCN1. The van der Waals surface area contributed by atoms with Gasteiger partial charge in [-0.15, -0.1) is 0 Å². The summed E-state index contributed by atoms with van der Waals surface area (Å²) in [6.07, 6.45) is 0.207. The number of aromatic amines is 1. The van der Waals surface area contributed by atoms with Gasteiger partial charge in [0.25, 0.3) is 0 Å². The summed E-state index contributed by atoms with van der Waals surface area (Å²) in [5.41, 5.74) is 1.98. The van der Waals surface area contributed by atoms with Crippen molar-refractivity contribution < 1.29 is 9.59 Å². The second-order valence-electron chi connectivity index (χ2n) is 6.60. The van der Waals surface area contributed by atoms with Gasteiger partial charge in [0, 0.05) is 13.1 Å². The third-order valence-electron chi connectivity index (χ3n) is 4.91. The molecule has 2 amide bonds. The van der Waals surface area contributed by atoms with E-state index < -0.39 is 0 Å². The fourth-order valence-corrected chi connectivity index (χ4v) is 3.59. The van der Waals surface area contributed by atoms with E-state index in [4.69, 9.17) is 0 Å². The van der Waals surface area contributed by atoms with Crippen LogP contribution in [-0.2, 0) is 16.1 Å². The van der Waals surface area contributed by atoms with E-state index in [-0.39, 0.29) is 36.5 Å². The Kier molecular flexibility index (Phi) is 4.50. The number of fused-ring (bicyclic) bond motifs is 1. The molecule has 7 nitrogen and oxygen atoms in total. The van der Waals surface area contributed by atoms with Crippen LogP contribution in [0.4, 0.5) is 0 Å². The van der Waals surface area contributed by atoms with Gasteiger partial charge in [-0.2, -0.15) is 0 Å². The molecule has 2 heterocycles. The molecule has 27 heavy (non-hydrogen) atoms. The van der Waals surface area contributed by atoms with E-state index in [0.29, 0.717) is 24.1 Å². The maximum Gasteiger partial charge on any atom is 0.326 e. The summed E-state index contributed by atoms with van der Waals surface area (Å²) in [5, 5.41) is 2.82. The summed E-state index contributed by atoms with van der Waals surface area (Å²) >= 11 is 0. The van der Waals surface area contributed by atoms with E-state index >= 15 is 0 Å². The molecule has 1 aliphatic rings. The highest BCUT2D eigenvalue weighted by Gasteiger charge is 2.30. The van der Waals surface area contributed by atoms with Gasteiger partial charge in [0.05, 0.1) is 23.5 Å². The van der Waals surface area contributed by atoms with Crippen molar-refractivity contribution >= 4 is 22.8 Å². The largest absolute Gasteiger partial charge is 0.354 e. The van der Waals surface area contributed by atoms with Gasteiger partial charge < -0.3 is 15.2 Å². The molecule has 1 saturated heterocycles. The maximum absolute atomic E-state index is 13.1. The Morgan fingerprint density at radius 3 is 2.59 bits per heavy atom. The third kappa shape index (κ3) is 3.36. The highest BCUT2D eigenvalue weighted by Crippen LogP contribution is 2.26. The average molecular weight is 364 g/mol. The molecule has 0 aliphatic carbocycles. The number of nitrogens with zero attached hydrogens (tertiary/aromatic N) is 2. The molecule has 2 N–H and O–H groups in total. The number of aromatic nitrogens is 2. The lowest BCUT2D eigenvalue weighted by Gasteiger charge is -2.29. The minimum Gasteiger partial charge on any atom is -0.354 e. The zero-order valence-electron chi connectivity index (χ0n) is 14.7. The van der Waals surface area contributed by atoms with Crippen LogP contribution in [0.2, 0.25) is 0 Å². The lowest BCUT2D eigenvalue weighted by molar-refractivity contribution is -0.134. The first kappa shape index (κ1) is 17.1. The van der Waals surface area contributed by atoms with Gasteiger partial charge in [-0.25, -0.2) is 4.79 Å². The van der Waals surface area contributed by atoms with Gasteiger partial charge >= 0.3 is 5.69 Å².